The van der Waals surface area contributed by atoms with Gasteiger partial charge in [0.2, 0.25) is 0 Å². The third-order valence-electron chi connectivity index (χ3n) is 3.11. The normalized spacial score (nSPS) is 12.4. The maximum Gasteiger partial charge on any atom is 0.267 e. The zero-order chi connectivity index (χ0) is 17.7. The Kier molecular flexibility index (Phi) is 5.80. The second-order valence-electron chi connectivity index (χ2n) is 7.51. The van der Waals surface area contributed by atoms with Crippen molar-refractivity contribution in [3.05, 3.63) is 36.0 Å². The van der Waals surface area contributed by atoms with E-state index >= 15 is 0 Å². The van der Waals surface area contributed by atoms with Gasteiger partial charge in [-0.3, -0.25) is 4.79 Å². The first kappa shape index (κ1) is 18.6. The van der Waals surface area contributed by atoms with E-state index in [0.29, 0.717) is 11.4 Å². The molecule has 0 heterocycles. The highest BCUT2D eigenvalue weighted by molar-refractivity contribution is 6.06. The molecule has 0 radical (unpaired) electrons. The number of hydrogen-bond acceptors (Lipinski definition) is 4. The number of nitrogen functional groups attached to an aromatic ring is 1. The highest BCUT2D eigenvalue weighted by Gasteiger charge is 2.24. The average molecular weight is 314 g/mol. The number of nitrogens with one attached hydrogen (secondary N) is 2. The van der Waals surface area contributed by atoms with Crippen LogP contribution in [-0.2, 0) is 4.79 Å². The number of anilines is 2. The summed E-state index contributed by atoms with van der Waals surface area (Å²) in [6.45, 7) is 10.5. The molecule has 1 aromatic rings. The molecule has 124 valence electrons. The number of amides is 1. The fraction of sp³-hybridized carbons (Fsp3) is 0.444. The highest BCUT2D eigenvalue weighted by Crippen LogP contribution is 2.26. The topological polar surface area (TPSA) is 90.9 Å². The summed E-state index contributed by atoms with van der Waals surface area (Å²) in [5.41, 5.74) is 6.77. The molecule has 0 fully saturated rings. The summed E-state index contributed by atoms with van der Waals surface area (Å²) in [5, 5.41) is 15.1. The second-order valence-corrected chi connectivity index (χ2v) is 7.51. The van der Waals surface area contributed by atoms with Crippen LogP contribution in [0.2, 0.25) is 0 Å². The maximum absolute atomic E-state index is 12.2. The third kappa shape index (κ3) is 6.88. The van der Waals surface area contributed by atoms with Gasteiger partial charge in [0.1, 0.15) is 11.6 Å². The molecule has 23 heavy (non-hydrogen) atoms. The smallest absolute Gasteiger partial charge is 0.267 e. The minimum Gasteiger partial charge on any atom is -0.399 e. The van der Waals surface area contributed by atoms with Crippen LogP contribution in [0.5, 0.6) is 0 Å². The first-order valence-corrected chi connectivity index (χ1v) is 7.57. The minimum absolute atomic E-state index is 0.0313. The van der Waals surface area contributed by atoms with E-state index in [0.717, 1.165) is 6.42 Å². The van der Waals surface area contributed by atoms with E-state index in [-0.39, 0.29) is 16.5 Å². The van der Waals surface area contributed by atoms with E-state index in [1.54, 1.807) is 24.3 Å². The molecule has 0 saturated carbocycles. The van der Waals surface area contributed by atoms with Gasteiger partial charge in [-0.2, -0.15) is 5.26 Å². The lowest BCUT2D eigenvalue weighted by atomic mass is 9.82. The van der Waals surface area contributed by atoms with Crippen molar-refractivity contribution >= 4 is 17.3 Å². The zero-order valence-corrected chi connectivity index (χ0v) is 14.5. The number of hydrogen-bond donors (Lipinski definition) is 3. The highest BCUT2D eigenvalue weighted by atomic mass is 16.1. The van der Waals surface area contributed by atoms with Gasteiger partial charge in [0.05, 0.1) is 0 Å². The molecule has 5 nitrogen and oxygen atoms in total. The summed E-state index contributed by atoms with van der Waals surface area (Å²) in [5.74, 6) is -0.448. The average Bonchev–Trinajstić information content (AvgIpc) is 2.39. The first-order chi connectivity index (χ1) is 10.5. The number of carbonyl (C=O) groups is 1. The molecular formula is C18H26N4O. The molecule has 0 bridgehead atoms. The largest absolute Gasteiger partial charge is 0.399 e. The van der Waals surface area contributed by atoms with Crippen molar-refractivity contribution in [3.8, 4) is 6.07 Å². The Morgan fingerprint density at radius 2 is 1.78 bits per heavy atom. The summed E-state index contributed by atoms with van der Waals surface area (Å²) < 4.78 is 0. The van der Waals surface area contributed by atoms with Crippen molar-refractivity contribution in [2.75, 3.05) is 11.1 Å². The van der Waals surface area contributed by atoms with E-state index in [9.17, 15) is 10.1 Å². The second kappa shape index (κ2) is 7.19. The van der Waals surface area contributed by atoms with E-state index in [2.05, 4.69) is 31.4 Å². The van der Waals surface area contributed by atoms with Crippen LogP contribution in [0.1, 0.15) is 41.0 Å². The van der Waals surface area contributed by atoms with Crippen LogP contribution in [0.3, 0.4) is 0 Å². The first-order valence-electron chi connectivity index (χ1n) is 7.57. The Labute approximate surface area is 138 Å². The molecule has 0 spiro atoms. The molecule has 0 aromatic heterocycles. The van der Waals surface area contributed by atoms with Crippen LogP contribution in [0.15, 0.2) is 36.0 Å². The predicted octanol–water partition coefficient (Wildman–Crippen LogP) is 3.42. The number of nitriles is 1. The van der Waals surface area contributed by atoms with Gasteiger partial charge >= 0.3 is 0 Å². The van der Waals surface area contributed by atoms with E-state index in [1.807, 2.05) is 19.9 Å². The van der Waals surface area contributed by atoms with Crippen molar-refractivity contribution in [1.29, 1.82) is 5.26 Å². The zero-order valence-electron chi connectivity index (χ0n) is 14.5. The lowest BCUT2D eigenvalue weighted by Gasteiger charge is -2.33. The molecule has 4 N–H and O–H groups in total. The summed E-state index contributed by atoms with van der Waals surface area (Å²) >= 11 is 0. The van der Waals surface area contributed by atoms with Gasteiger partial charge in [-0.25, -0.2) is 0 Å². The van der Waals surface area contributed by atoms with Crippen molar-refractivity contribution in [2.24, 2.45) is 5.41 Å². The van der Waals surface area contributed by atoms with Gasteiger partial charge < -0.3 is 16.4 Å². The fourth-order valence-electron chi connectivity index (χ4n) is 2.56. The number of nitrogens with two attached hydrogens (primary N) is 1. The summed E-state index contributed by atoms with van der Waals surface area (Å²) in [7, 11) is 0. The van der Waals surface area contributed by atoms with Crippen LogP contribution in [-0.4, -0.2) is 11.4 Å². The van der Waals surface area contributed by atoms with E-state index < -0.39 is 5.91 Å². The van der Waals surface area contributed by atoms with Crippen LogP contribution in [0.4, 0.5) is 11.4 Å². The van der Waals surface area contributed by atoms with Gasteiger partial charge in [0, 0.05) is 23.1 Å². The van der Waals surface area contributed by atoms with Crippen molar-refractivity contribution in [3.63, 3.8) is 0 Å². The molecule has 1 amide bonds. The third-order valence-corrected chi connectivity index (χ3v) is 3.11. The van der Waals surface area contributed by atoms with Gasteiger partial charge in [-0.1, -0.05) is 20.8 Å². The summed E-state index contributed by atoms with van der Waals surface area (Å²) in [6, 6.07) is 8.70. The van der Waals surface area contributed by atoms with Crippen LogP contribution < -0.4 is 16.4 Å². The van der Waals surface area contributed by atoms with Gasteiger partial charge in [-0.05, 0) is 49.9 Å². The molecule has 1 aromatic carbocycles. The summed E-state index contributed by atoms with van der Waals surface area (Å²) in [6.07, 6.45) is 2.38. The van der Waals surface area contributed by atoms with Crippen molar-refractivity contribution in [2.45, 2.75) is 46.6 Å². The van der Waals surface area contributed by atoms with Crippen molar-refractivity contribution in [1.82, 2.24) is 5.32 Å². The molecule has 0 unspecified atom stereocenters. The van der Waals surface area contributed by atoms with Crippen LogP contribution in [0, 0.1) is 16.7 Å². The molecule has 0 aliphatic heterocycles. The quantitative estimate of drug-likeness (QED) is 0.441. The standard InChI is InChI=1S/C18H26N4O/c1-17(2,3)12-18(4,5)21-11-13(10-19)16(23)22-15-8-6-14(20)7-9-15/h6-9,11,21H,12,20H2,1-5H3,(H,22,23)/b13-11-. The van der Waals surface area contributed by atoms with E-state index in [4.69, 9.17) is 5.73 Å². The Bertz CT molecular complexity index is 616. The maximum atomic E-state index is 12.2. The molecule has 0 aliphatic carbocycles. The molecule has 0 aliphatic rings. The molecule has 5 heteroatoms. The number of rotatable bonds is 5. The van der Waals surface area contributed by atoms with E-state index in [1.165, 1.54) is 6.20 Å². The molecular weight excluding hydrogens is 288 g/mol. The molecule has 1 rings (SSSR count). The van der Waals surface area contributed by atoms with Gasteiger partial charge in [-0.15, -0.1) is 0 Å². The fourth-order valence-corrected chi connectivity index (χ4v) is 2.56. The van der Waals surface area contributed by atoms with Crippen LogP contribution in [0.25, 0.3) is 0 Å². The monoisotopic (exact) mass is 314 g/mol. The van der Waals surface area contributed by atoms with Crippen LogP contribution >= 0.6 is 0 Å². The Hall–Kier alpha value is -2.48. The van der Waals surface area contributed by atoms with Gasteiger partial charge in [0.15, 0.2) is 0 Å². The lowest BCUT2D eigenvalue weighted by Crippen LogP contribution is -2.39. The number of benzene rings is 1. The lowest BCUT2D eigenvalue weighted by molar-refractivity contribution is -0.112. The molecule has 0 atom stereocenters. The Morgan fingerprint density at radius 1 is 1.22 bits per heavy atom. The van der Waals surface area contributed by atoms with Crippen molar-refractivity contribution < 1.29 is 4.79 Å². The predicted molar refractivity (Wildman–Crippen MR) is 94.5 cm³/mol. The SMILES string of the molecule is CC(C)(C)CC(C)(C)N/C=C(/C#N)C(=O)Nc1ccc(N)cc1. The summed E-state index contributed by atoms with van der Waals surface area (Å²) in [4.78, 5) is 12.2. The Morgan fingerprint density at radius 3 is 2.26 bits per heavy atom. The van der Waals surface area contributed by atoms with Gasteiger partial charge in [0.25, 0.3) is 5.91 Å². The number of nitrogens with zero attached hydrogens (tertiary/aromatic N) is 1. The molecule has 0 saturated heterocycles. The Balaban J connectivity index is 2.77. The minimum atomic E-state index is -0.448. The number of carbonyl (C=O) groups excluding carboxylic acids is 1.